The number of rotatable bonds is 1. The molecule has 58 valence electrons. The summed E-state index contributed by atoms with van der Waals surface area (Å²) in [6, 6.07) is 0. The van der Waals surface area contributed by atoms with Crippen LogP contribution in [0.4, 0.5) is 0 Å². The van der Waals surface area contributed by atoms with E-state index in [1.165, 1.54) is 25.0 Å². The standard InChI is InChI=1S/C9H17N/c1-9(2,3)7-8-5-4-6-10-8/h4-7H2,1-3H3. The van der Waals surface area contributed by atoms with E-state index in [0.717, 1.165) is 6.54 Å². The minimum Gasteiger partial charge on any atom is -0.294 e. The molecule has 0 atom stereocenters. The van der Waals surface area contributed by atoms with Crippen LogP contribution in [0.3, 0.4) is 0 Å². The highest BCUT2D eigenvalue weighted by atomic mass is 14.8. The Morgan fingerprint density at radius 2 is 2.10 bits per heavy atom. The van der Waals surface area contributed by atoms with Gasteiger partial charge in [0.05, 0.1) is 0 Å². The summed E-state index contributed by atoms with van der Waals surface area (Å²) < 4.78 is 0. The SMILES string of the molecule is CC(C)(C)CC1=NCCC1. The summed E-state index contributed by atoms with van der Waals surface area (Å²) in [5, 5.41) is 0. The highest BCUT2D eigenvalue weighted by Gasteiger charge is 2.15. The van der Waals surface area contributed by atoms with Gasteiger partial charge in [-0.05, 0) is 24.7 Å². The highest BCUT2D eigenvalue weighted by molar-refractivity contribution is 5.86. The molecule has 0 fully saturated rings. The first-order chi connectivity index (χ1) is 4.58. The molecule has 0 aliphatic carbocycles. The second-order valence-corrected chi connectivity index (χ2v) is 4.29. The third-order valence-corrected chi connectivity index (χ3v) is 1.69. The van der Waals surface area contributed by atoms with Gasteiger partial charge in [0, 0.05) is 12.3 Å². The molecule has 1 aliphatic rings. The van der Waals surface area contributed by atoms with Crippen LogP contribution in [0.2, 0.25) is 0 Å². The Kier molecular flexibility index (Phi) is 2.12. The average Bonchev–Trinajstić information content (AvgIpc) is 2.12. The Morgan fingerprint density at radius 3 is 2.50 bits per heavy atom. The van der Waals surface area contributed by atoms with Crippen molar-refractivity contribution in [2.75, 3.05) is 6.54 Å². The molecular formula is C9H17N. The molecule has 0 saturated heterocycles. The summed E-state index contributed by atoms with van der Waals surface area (Å²) in [4.78, 5) is 4.44. The molecule has 0 bridgehead atoms. The zero-order valence-corrected chi connectivity index (χ0v) is 7.28. The van der Waals surface area contributed by atoms with E-state index in [1.807, 2.05) is 0 Å². The molecule has 0 aromatic carbocycles. The van der Waals surface area contributed by atoms with E-state index in [4.69, 9.17) is 0 Å². The third kappa shape index (κ3) is 2.51. The lowest BCUT2D eigenvalue weighted by molar-refractivity contribution is 0.432. The first kappa shape index (κ1) is 7.77. The van der Waals surface area contributed by atoms with E-state index < -0.39 is 0 Å². The number of aliphatic imine (C=N–C) groups is 1. The van der Waals surface area contributed by atoms with Crippen molar-refractivity contribution in [3.63, 3.8) is 0 Å². The van der Waals surface area contributed by atoms with E-state index >= 15 is 0 Å². The van der Waals surface area contributed by atoms with Gasteiger partial charge in [0.1, 0.15) is 0 Å². The van der Waals surface area contributed by atoms with Gasteiger partial charge in [-0.1, -0.05) is 20.8 Å². The number of hydrogen-bond donors (Lipinski definition) is 0. The summed E-state index contributed by atoms with van der Waals surface area (Å²) in [5.41, 5.74) is 1.87. The van der Waals surface area contributed by atoms with Crippen LogP contribution < -0.4 is 0 Å². The fraction of sp³-hybridized carbons (Fsp3) is 0.889. The quantitative estimate of drug-likeness (QED) is 0.529. The predicted octanol–water partition coefficient (Wildman–Crippen LogP) is 2.66. The fourth-order valence-corrected chi connectivity index (χ4v) is 1.36. The van der Waals surface area contributed by atoms with Crippen LogP contribution in [0.1, 0.15) is 40.0 Å². The molecule has 1 aliphatic heterocycles. The minimum absolute atomic E-state index is 0.434. The van der Waals surface area contributed by atoms with Crippen molar-refractivity contribution in [1.82, 2.24) is 0 Å². The predicted molar refractivity (Wildman–Crippen MR) is 45.6 cm³/mol. The van der Waals surface area contributed by atoms with Crippen LogP contribution in [0, 0.1) is 5.41 Å². The van der Waals surface area contributed by atoms with Crippen molar-refractivity contribution in [2.24, 2.45) is 10.4 Å². The van der Waals surface area contributed by atoms with Crippen molar-refractivity contribution in [3.05, 3.63) is 0 Å². The molecule has 10 heavy (non-hydrogen) atoms. The van der Waals surface area contributed by atoms with E-state index in [0.29, 0.717) is 5.41 Å². The van der Waals surface area contributed by atoms with Crippen LogP contribution in [-0.2, 0) is 0 Å². The first-order valence-electron chi connectivity index (χ1n) is 4.10. The zero-order valence-electron chi connectivity index (χ0n) is 7.28. The maximum atomic E-state index is 4.44. The van der Waals surface area contributed by atoms with E-state index in [1.54, 1.807) is 0 Å². The molecule has 0 aromatic heterocycles. The molecule has 0 radical (unpaired) electrons. The van der Waals surface area contributed by atoms with Crippen LogP contribution in [0.25, 0.3) is 0 Å². The lowest BCUT2D eigenvalue weighted by atomic mass is 9.89. The van der Waals surface area contributed by atoms with Gasteiger partial charge >= 0.3 is 0 Å². The normalized spacial score (nSPS) is 19.3. The molecule has 1 heterocycles. The summed E-state index contributed by atoms with van der Waals surface area (Å²) >= 11 is 0. The van der Waals surface area contributed by atoms with Gasteiger partial charge in [-0.25, -0.2) is 0 Å². The van der Waals surface area contributed by atoms with Gasteiger partial charge in [-0.3, -0.25) is 4.99 Å². The Hall–Kier alpha value is -0.330. The smallest absolute Gasteiger partial charge is 0.0392 e. The van der Waals surface area contributed by atoms with E-state index in [-0.39, 0.29) is 0 Å². The van der Waals surface area contributed by atoms with Crippen LogP contribution >= 0.6 is 0 Å². The molecule has 0 amide bonds. The third-order valence-electron chi connectivity index (χ3n) is 1.69. The van der Waals surface area contributed by atoms with E-state index in [2.05, 4.69) is 25.8 Å². The molecule has 1 rings (SSSR count). The lowest BCUT2D eigenvalue weighted by Crippen LogP contribution is -2.10. The minimum atomic E-state index is 0.434. The van der Waals surface area contributed by atoms with Crippen molar-refractivity contribution in [3.8, 4) is 0 Å². The molecule has 0 saturated carbocycles. The van der Waals surface area contributed by atoms with Crippen LogP contribution in [0.15, 0.2) is 4.99 Å². The Morgan fingerprint density at radius 1 is 1.40 bits per heavy atom. The van der Waals surface area contributed by atoms with Gasteiger partial charge in [-0.2, -0.15) is 0 Å². The summed E-state index contributed by atoms with van der Waals surface area (Å²) in [5.74, 6) is 0. The van der Waals surface area contributed by atoms with Gasteiger partial charge in [0.15, 0.2) is 0 Å². The topological polar surface area (TPSA) is 12.4 Å². The van der Waals surface area contributed by atoms with Crippen molar-refractivity contribution < 1.29 is 0 Å². The maximum absolute atomic E-state index is 4.44. The Balaban J connectivity index is 2.38. The Labute approximate surface area is 63.5 Å². The molecule has 0 N–H and O–H groups in total. The Bertz CT molecular complexity index is 139. The number of hydrogen-bond acceptors (Lipinski definition) is 1. The van der Waals surface area contributed by atoms with Crippen molar-refractivity contribution in [2.45, 2.75) is 40.0 Å². The number of nitrogens with zero attached hydrogens (tertiary/aromatic N) is 1. The maximum Gasteiger partial charge on any atom is 0.0392 e. The molecular weight excluding hydrogens is 122 g/mol. The van der Waals surface area contributed by atoms with Gasteiger partial charge in [0.25, 0.3) is 0 Å². The van der Waals surface area contributed by atoms with Crippen molar-refractivity contribution in [1.29, 1.82) is 0 Å². The fourth-order valence-electron chi connectivity index (χ4n) is 1.36. The van der Waals surface area contributed by atoms with Crippen LogP contribution in [-0.4, -0.2) is 12.3 Å². The van der Waals surface area contributed by atoms with E-state index in [9.17, 15) is 0 Å². The summed E-state index contributed by atoms with van der Waals surface area (Å²) in [6.45, 7) is 7.89. The molecule has 1 heteroatoms. The zero-order chi connectivity index (χ0) is 7.61. The average molecular weight is 139 g/mol. The molecule has 0 aromatic rings. The summed E-state index contributed by atoms with van der Waals surface area (Å²) in [6.07, 6.45) is 3.72. The van der Waals surface area contributed by atoms with Gasteiger partial charge in [0.2, 0.25) is 0 Å². The summed E-state index contributed by atoms with van der Waals surface area (Å²) in [7, 11) is 0. The molecule has 0 unspecified atom stereocenters. The molecule has 1 nitrogen and oxygen atoms in total. The van der Waals surface area contributed by atoms with Gasteiger partial charge < -0.3 is 0 Å². The second kappa shape index (κ2) is 2.73. The van der Waals surface area contributed by atoms with Gasteiger partial charge in [-0.15, -0.1) is 0 Å². The first-order valence-corrected chi connectivity index (χ1v) is 4.10. The lowest BCUT2D eigenvalue weighted by Gasteiger charge is -2.17. The van der Waals surface area contributed by atoms with Crippen LogP contribution in [0.5, 0.6) is 0 Å². The second-order valence-electron chi connectivity index (χ2n) is 4.29. The highest BCUT2D eigenvalue weighted by Crippen LogP contribution is 2.22. The van der Waals surface area contributed by atoms with Crippen molar-refractivity contribution >= 4 is 5.71 Å². The monoisotopic (exact) mass is 139 g/mol. The largest absolute Gasteiger partial charge is 0.294 e. The molecule has 0 spiro atoms.